The summed E-state index contributed by atoms with van der Waals surface area (Å²) in [5.74, 6) is 0.845. The molecular formula is C23H23F3N4O4S. The van der Waals surface area contributed by atoms with Crippen molar-refractivity contribution in [1.82, 2.24) is 9.88 Å². The van der Waals surface area contributed by atoms with Crippen molar-refractivity contribution in [1.29, 1.82) is 0 Å². The Morgan fingerprint density at radius 1 is 1.09 bits per heavy atom. The summed E-state index contributed by atoms with van der Waals surface area (Å²) in [6, 6.07) is 10.7. The number of aromatic nitrogens is 1. The average molecular weight is 509 g/mol. The summed E-state index contributed by atoms with van der Waals surface area (Å²) in [5, 5.41) is 11.3. The van der Waals surface area contributed by atoms with E-state index in [0.29, 0.717) is 31.8 Å². The number of hydrogen-bond acceptors (Lipinski definition) is 8. The third-order valence-electron chi connectivity index (χ3n) is 5.74. The zero-order chi connectivity index (χ0) is 25.0. The van der Waals surface area contributed by atoms with Gasteiger partial charge in [0.1, 0.15) is 10.4 Å². The maximum atomic E-state index is 13.1. The minimum absolute atomic E-state index is 0.0983. The van der Waals surface area contributed by atoms with Crippen molar-refractivity contribution in [3.8, 4) is 5.75 Å². The molecule has 0 amide bonds. The molecule has 0 saturated carbocycles. The molecular weight excluding hydrogens is 485 g/mol. The van der Waals surface area contributed by atoms with E-state index in [1.165, 1.54) is 0 Å². The summed E-state index contributed by atoms with van der Waals surface area (Å²) in [7, 11) is 0. The summed E-state index contributed by atoms with van der Waals surface area (Å²) in [4.78, 5) is 31.2. The molecule has 186 valence electrons. The zero-order valence-electron chi connectivity index (χ0n) is 18.7. The normalized spacial score (nSPS) is 14.9. The number of piperazine rings is 1. The molecule has 1 aliphatic rings. The van der Waals surface area contributed by atoms with Crippen LogP contribution >= 0.6 is 11.3 Å². The minimum Gasteiger partial charge on any atom is -0.494 e. The lowest BCUT2D eigenvalue weighted by atomic mass is 10.1. The van der Waals surface area contributed by atoms with E-state index < -0.39 is 33.3 Å². The highest BCUT2D eigenvalue weighted by Gasteiger charge is 2.34. The van der Waals surface area contributed by atoms with Gasteiger partial charge in [-0.1, -0.05) is 29.5 Å². The van der Waals surface area contributed by atoms with E-state index in [9.17, 15) is 28.1 Å². The molecule has 1 aliphatic heterocycles. The number of nitro groups is 1. The number of unbranched alkanes of at least 4 members (excludes halogenated alkanes) is 1. The Kier molecular flexibility index (Phi) is 7.51. The molecule has 1 fully saturated rings. The molecule has 0 unspecified atom stereocenters. The van der Waals surface area contributed by atoms with Gasteiger partial charge < -0.3 is 9.64 Å². The fourth-order valence-electron chi connectivity index (χ4n) is 3.88. The van der Waals surface area contributed by atoms with Crippen molar-refractivity contribution in [2.45, 2.75) is 19.0 Å². The minimum atomic E-state index is -4.81. The van der Waals surface area contributed by atoms with Crippen LogP contribution in [-0.2, 0) is 6.18 Å². The van der Waals surface area contributed by atoms with Gasteiger partial charge in [0, 0.05) is 32.2 Å². The van der Waals surface area contributed by atoms with Gasteiger partial charge in [-0.25, -0.2) is 0 Å². The zero-order valence-corrected chi connectivity index (χ0v) is 19.5. The number of alkyl halides is 3. The topological polar surface area (TPSA) is 88.8 Å². The maximum Gasteiger partial charge on any atom is 0.416 e. The fraction of sp³-hybridized carbons (Fsp3) is 0.391. The van der Waals surface area contributed by atoms with Gasteiger partial charge in [0.05, 0.1) is 22.5 Å². The Labute approximate surface area is 202 Å². The molecule has 8 nitrogen and oxygen atoms in total. The SMILES string of the molecule is O=c1nc(N2CCN(CCCCOc3ccccc3)CC2)sc2c([N+](=O)[O-])cc(C(F)(F)F)cc12. The highest BCUT2D eigenvalue weighted by atomic mass is 32.1. The number of fused-ring (bicyclic) bond motifs is 1. The summed E-state index contributed by atoms with van der Waals surface area (Å²) in [5.41, 5.74) is -2.88. The average Bonchev–Trinajstić information content (AvgIpc) is 2.83. The van der Waals surface area contributed by atoms with Crippen LogP contribution in [0.4, 0.5) is 24.0 Å². The molecule has 1 aromatic heterocycles. The van der Waals surface area contributed by atoms with Crippen molar-refractivity contribution in [2.75, 3.05) is 44.2 Å². The van der Waals surface area contributed by atoms with Crippen LogP contribution in [0.2, 0.25) is 0 Å². The largest absolute Gasteiger partial charge is 0.494 e. The molecule has 2 heterocycles. The van der Waals surface area contributed by atoms with Gasteiger partial charge in [-0.05, 0) is 37.6 Å². The van der Waals surface area contributed by atoms with E-state index in [4.69, 9.17) is 4.74 Å². The number of rotatable bonds is 8. The van der Waals surface area contributed by atoms with Crippen LogP contribution < -0.4 is 15.2 Å². The highest BCUT2D eigenvalue weighted by molar-refractivity contribution is 7.22. The van der Waals surface area contributed by atoms with Gasteiger partial charge in [-0.3, -0.25) is 19.8 Å². The first-order valence-corrected chi connectivity index (χ1v) is 11.9. The van der Waals surface area contributed by atoms with Gasteiger partial charge in [-0.15, -0.1) is 0 Å². The van der Waals surface area contributed by atoms with Crippen LogP contribution in [0.1, 0.15) is 18.4 Å². The number of benzene rings is 2. The lowest BCUT2D eigenvalue weighted by molar-refractivity contribution is -0.383. The molecule has 12 heteroatoms. The fourth-order valence-corrected chi connectivity index (χ4v) is 5.00. The lowest BCUT2D eigenvalue weighted by Gasteiger charge is -2.34. The van der Waals surface area contributed by atoms with E-state index in [1.54, 1.807) is 0 Å². The third-order valence-corrected chi connectivity index (χ3v) is 6.90. The summed E-state index contributed by atoms with van der Waals surface area (Å²) >= 11 is 0.876. The van der Waals surface area contributed by atoms with Crippen molar-refractivity contribution in [2.24, 2.45) is 0 Å². The molecule has 1 saturated heterocycles. The van der Waals surface area contributed by atoms with E-state index in [2.05, 4.69) is 9.88 Å². The standard InChI is InChI=1S/C23H23F3N4O4S/c24-23(25,26)16-14-18-20(19(15-16)30(32)33)35-22(27-21(18)31)29-11-9-28(10-12-29)8-4-5-13-34-17-6-2-1-3-7-17/h1-3,6-7,14-15H,4-5,8-13H2. The van der Waals surface area contributed by atoms with E-state index in [-0.39, 0.29) is 9.83 Å². The number of hydrogen-bond donors (Lipinski definition) is 0. The molecule has 35 heavy (non-hydrogen) atoms. The molecule has 0 aliphatic carbocycles. The molecule has 3 aromatic rings. The number of nitrogens with zero attached hydrogens (tertiary/aromatic N) is 4. The summed E-state index contributed by atoms with van der Waals surface area (Å²) in [6.07, 6.45) is -2.94. The number of ether oxygens (including phenoxy) is 1. The van der Waals surface area contributed by atoms with Crippen molar-refractivity contribution >= 4 is 32.2 Å². The van der Waals surface area contributed by atoms with E-state index in [1.807, 2.05) is 35.2 Å². The van der Waals surface area contributed by atoms with Crippen LogP contribution in [0, 0.1) is 10.1 Å². The van der Waals surface area contributed by atoms with Crippen LogP contribution in [0.25, 0.3) is 10.1 Å². The first-order valence-electron chi connectivity index (χ1n) is 11.1. The van der Waals surface area contributed by atoms with Crippen LogP contribution in [0.5, 0.6) is 5.75 Å². The van der Waals surface area contributed by atoms with Crippen LogP contribution in [-0.4, -0.2) is 54.1 Å². The highest BCUT2D eigenvalue weighted by Crippen LogP contribution is 2.38. The predicted molar refractivity (Wildman–Crippen MR) is 127 cm³/mol. The van der Waals surface area contributed by atoms with Crippen molar-refractivity contribution < 1.29 is 22.8 Å². The first kappa shape index (κ1) is 24.9. The second-order valence-electron chi connectivity index (χ2n) is 8.13. The second-order valence-corrected chi connectivity index (χ2v) is 9.10. The van der Waals surface area contributed by atoms with Crippen molar-refractivity contribution in [3.63, 3.8) is 0 Å². The molecule has 0 spiro atoms. The molecule has 2 aromatic carbocycles. The molecule has 0 atom stereocenters. The number of non-ortho nitro benzene ring substituents is 1. The second kappa shape index (κ2) is 10.6. The maximum absolute atomic E-state index is 13.1. The Hall–Kier alpha value is -3.25. The first-order chi connectivity index (χ1) is 16.7. The van der Waals surface area contributed by atoms with E-state index >= 15 is 0 Å². The summed E-state index contributed by atoms with van der Waals surface area (Å²) < 4.78 is 45.0. The number of halogens is 3. The number of nitro benzene ring substituents is 1. The number of para-hydroxylation sites is 1. The number of anilines is 1. The molecule has 0 radical (unpaired) electrons. The van der Waals surface area contributed by atoms with Gasteiger partial charge in [0.2, 0.25) is 0 Å². The third kappa shape index (κ3) is 6.06. The van der Waals surface area contributed by atoms with Gasteiger partial charge in [0.25, 0.3) is 11.2 Å². The van der Waals surface area contributed by atoms with Gasteiger partial charge in [-0.2, -0.15) is 18.2 Å². The molecule has 0 N–H and O–H groups in total. The Bertz CT molecular complexity index is 1250. The van der Waals surface area contributed by atoms with Crippen LogP contribution in [0.3, 0.4) is 0 Å². The van der Waals surface area contributed by atoms with Gasteiger partial charge in [0.15, 0.2) is 5.13 Å². The van der Waals surface area contributed by atoms with Crippen molar-refractivity contribution in [3.05, 3.63) is 68.5 Å². The summed E-state index contributed by atoms with van der Waals surface area (Å²) in [6.45, 7) is 4.07. The quantitative estimate of drug-likeness (QED) is 0.250. The monoisotopic (exact) mass is 508 g/mol. The predicted octanol–water partition coefficient (Wildman–Crippen LogP) is 4.56. The molecule has 0 bridgehead atoms. The Morgan fingerprint density at radius 2 is 1.80 bits per heavy atom. The van der Waals surface area contributed by atoms with E-state index in [0.717, 1.165) is 49.6 Å². The molecule has 4 rings (SSSR count). The smallest absolute Gasteiger partial charge is 0.416 e. The Balaban J connectivity index is 1.37. The van der Waals surface area contributed by atoms with Gasteiger partial charge >= 0.3 is 6.18 Å². The van der Waals surface area contributed by atoms with Crippen LogP contribution in [0.15, 0.2) is 47.3 Å². The Morgan fingerprint density at radius 3 is 2.46 bits per heavy atom. The lowest BCUT2D eigenvalue weighted by Crippen LogP contribution is -2.47.